The van der Waals surface area contributed by atoms with Crippen LogP contribution >= 0.6 is 0 Å². The van der Waals surface area contributed by atoms with Crippen molar-refractivity contribution in [2.45, 2.75) is 45.6 Å². The molecule has 0 saturated heterocycles. The Hall–Kier alpha value is -4.07. The largest absolute Gasteiger partial charge is 0.497 e. The van der Waals surface area contributed by atoms with Crippen molar-refractivity contribution in [3.8, 4) is 23.1 Å². The first-order valence-electron chi connectivity index (χ1n) is 12.7. The van der Waals surface area contributed by atoms with Gasteiger partial charge in [-0.15, -0.1) is 0 Å². The molecular formula is C30H34N3O5+. The van der Waals surface area contributed by atoms with E-state index in [0.29, 0.717) is 60.3 Å². The molecule has 38 heavy (non-hydrogen) atoms. The predicted octanol–water partition coefficient (Wildman–Crippen LogP) is 4.39. The van der Waals surface area contributed by atoms with Gasteiger partial charge in [-0.3, -0.25) is 4.79 Å². The molecule has 0 radical (unpaired) electrons. The Morgan fingerprint density at radius 3 is 2.45 bits per heavy atom. The maximum absolute atomic E-state index is 13.5. The van der Waals surface area contributed by atoms with Crippen LogP contribution in [0.3, 0.4) is 0 Å². The molecule has 0 bridgehead atoms. The second-order valence-electron chi connectivity index (χ2n) is 10.6. The van der Waals surface area contributed by atoms with Gasteiger partial charge in [0.05, 0.1) is 33.8 Å². The minimum absolute atomic E-state index is 0.0860. The van der Waals surface area contributed by atoms with E-state index in [0.717, 1.165) is 22.4 Å². The van der Waals surface area contributed by atoms with E-state index in [1.165, 1.54) is 0 Å². The van der Waals surface area contributed by atoms with E-state index in [1.807, 2.05) is 47.0 Å². The number of nitrogen functional groups attached to an aromatic ring is 1. The summed E-state index contributed by atoms with van der Waals surface area (Å²) in [6.45, 7) is 4.76. The third kappa shape index (κ3) is 4.66. The molecule has 0 fully saturated rings. The molecule has 8 heteroatoms. The highest BCUT2D eigenvalue weighted by Gasteiger charge is 2.45. The lowest BCUT2D eigenvalue weighted by Gasteiger charge is -2.37. The Morgan fingerprint density at radius 1 is 1.03 bits per heavy atom. The number of hydrogen-bond donors (Lipinski definition) is 1. The molecule has 2 aliphatic rings. The summed E-state index contributed by atoms with van der Waals surface area (Å²) >= 11 is 0. The fraction of sp³-hybridized carbons (Fsp3) is 0.367. The molecule has 1 atom stereocenters. The highest BCUT2D eigenvalue weighted by Crippen LogP contribution is 2.50. The van der Waals surface area contributed by atoms with E-state index in [2.05, 4.69) is 18.8 Å². The quantitative estimate of drug-likeness (QED) is 0.465. The Bertz CT molecular complexity index is 1410. The third-order valence-corrected chi connectivity index (χ3v) is 7.34. The summed E-state index contributed by atoms with van der Waals surface area (Å²) in [5, 5.41) is 0. The number of ether oxygens (including phenoxy) is 4. The number of carbonyl (C=O) groups excluding carboxylic acids is 1. The second kappa shape index (κ2) is 10.0. The first kappa shape index (κ1) is 25.6. The molecule has 2 aromatic carbocycles. The summed E-state index contributed by atoms with van der Waals surface area (Å²) in [6, 6.07) is 13.6. The molecule has 8 nitrogen and oxygen atoms in total. The van der Waals surface area contributed by atoms with Crippen LogP contribution in [0.15, 0.2) is 60.1 Å². The minimum Gasteiger partial charge on any atom is -0.497 e. The van der Waals surface area contributed by atoms with E-state index < -0.39 is 0 Å². The van der Waals surface area contributed by atoms with Gasteiger partial charge in [-0.2, -0.15) is 0 Å². The SMILES string of the molecule is COc1ccc([C@@H]2C3=C(CC(C)(C)CC3=O)Oc3nc[n+](CCc4ccc(OC)c(OC)c4)c(N)c32)cc1. The van der Waals surface area contributed by atoms with E-state index in [1.54, 1.807) is 27.7 Å². The maximum atomic E-state index is 13.5. The van der Waals surface area contributed by atoms with Gasteiger partial charge in [0.25, 0.3) is 0 Å². The minimum atomic E-state index is -0.371. The van der Waals surface area contributed by atoms with Gasteiger partial charge < -0.3 is 24.7 Å². The van der Waals surface area contributed by atoms with E-state index >= 15 is 0 Å². The number of anilines is 1. The van der Waals surface area contributed by atoms with Crippen LogP contribution in [0.5, 0.6) is 23.1 Å². The molecular weight excluding hydrogens is 482 g/mol. The van der Waals surface area contributed by atoms with Gasteiger partial charge in [0.15, 0.2) is 17.3 Å². The van der Waals surface area contributed by atoms with Gasteiger partial charge in [0.1, 0.15) is 17.1 Å². The van der Waals surface area contributed by atoms with Crippen LogP contribution < -0.4 is 29.2 Å². The molecule has 2 heterocycles. The summed E-state index contributed by atoms with van der Waals surface area (Å²) < 4.78 is 24.4. The zero-order valence-corrected chi connectivity index (χ0v) is 22.5. The molecule has 1 aliphatic carbocycles. The molecule has 0 unspecified atom stereocenters. The van der Waals surface area contributed by atoms with E-state index in [9.17, 15) is 4.79 Å². The van der Waals surface area contributed by atoms with Crippen molar-refractivity contribution in [1.29, 1.82) is 0 Å². The fourth-order valence-electron chi connectivity index (χ4n) is 5.42. The lowest BCUT2D eigenvalue weighted by atomic mass is 9.70. The molecule has 0 spiro atoms. The highest BCUT2D eigenvalue weighted by atomic mass is 16.5. The molecule has 1 aliphatic heterocycles. The van der Waals surface area contributed by atoms with Gasteiger partial charge in [0, 0.05) is 24.8 Å². The zero-order valence-electron chi connectivity index (χ0n) is 22.5. The molecule has 0 saturated carbocycles. The topological polar surface area (TPSA) is 96.8 Å². The molecule has 1 aromatic heterocycles. The Morgan fingerprint density at radius 2 is 1.76 bits per heavy atom. The van der Waals surface area contributed by atoms with Crippen molar-refractivity contribution in [1.82, 2.24) is 4.98 Å². The number of aryl methyl sites for hydroxylation is 2. The van der Waals surface area contributed by atoms with Crippen LogP contribution in [-0.4, -0.2) is 32.1 Å². The smallest absolute Gasteiger partial charge is 0.305 e. The number of aromatic nitrogens is 2. The van der Waals surface area contributed by atoms with Crippen molar-refractivity contribution >= 4 is 11.6 Å². The zero-order chi connectivity index (χ0) is 27.0. The van der Waals surface area contributed by atoms with Crippen molar-refractivity contribution in [3.63, 3.8) is 0 Å². The van der Waals surface area contributed by atoms with Gasteiger partial charge >= 0.3 is 5.88 Å². The Balaban J connectivity index is 1.55. The number of nitrogens with zero attached hydrogens (tertiary/aromatic N) is 2. The van der Waals surface area contributed by atoms with Crippen LogP contribution in [0.25, 0.3) is 0 Å². The number of nitrogens with two attached hydrogens (primary N) is 1. The summed E-state index contributed by atoms with van der Waals surface area (Å²) in [7, 11) is 4.88. The lowest BCUT2D eigenvalue weighted by Crippen LogP contribution is -2.42. The summed E-state index contributed by atoms with van der Waals surface area (Å²) in [5.41, 5.74) is 10.0. The monoisotopic (exact) mass is 516 g/mol. The Kier molecular flexibility index (Phi) is 6.73. The van der Waals surface area contributed by atoms with Crippen molar-refractivity contribution in [2.75, 3.05) is 27.1 Å². The predicted molar refractivity (Wildman–Crippen MR) is 143 cm³/mol. The van der Waals surface area contributed by atoms with Crippen LogP contribution in [0.1, 0.15) is 49.3 Å². The summed E-state index contributed by atoms with van der Waals surface area (Å²) in [4.78, 5) is 18.2. The van der Waals surface area contributed by atoms with Gasteiger partial charge in [0.2, 0.25) is 12.1 Å². The molecule has 198 valence electrons. The average molecular weight is 517 g/mol. The standard InChI is InChI=1S/C30H33N3O5/c1-30(2)15-21(34)26-24(16-30)38-29-27(25(26)19-7-9-20(35-3)10-8-19)28(31)33(17-32-29)13-12-18-6-11-22(36-4)23(14-18)37-5/h6-11,14,17,25,31H,12-13,15-16H2,1-5H3/p+1/t25-/m1/s1. The third-order valence-electron chi connectivity index (χ3n) is 7.34. The summed E-state index contributed by atoms with van der Waals surface area (Å²) in [5.74, 6) is 3.49. The van der Waals surface area contributed by atoms with Crippen LogP contribution in [0.2, 0.25) is 0 Å². The number of allylic oxidation sites excluding steroid dienone is 2. The van der Waals surface area contributed by atoms with Crippen LogP contribution in [0, 0.1) is 5.41 Å². The number of benzene rings is 2. The molecule has 0 amide bonds. The summed E-state index contributed by atoms with van der Waals surface area (Å²) in [6.07, 6.45) is 3.53. The molecule has 3 aromatic rings. The molecule has 5 rings (SSSR count). The fourth-order valence-corrected chi connectivity index (χ4v) is 5.42. The van der Waals surface area contributed by atoms with Gasteiger partial charge in [-0.1, -0.05) is 37.0 Å². The number of methoxy groups -OCH3 is 3. The normalized spacial score (nSPS) is 17.8. The first-order valence-corrected chi connectivity index (χ1v) is 12.7. The number of hydrogen-bond acceptors (Lipinski definition) is 7. The second-order valence-corrected chi connectivity index (χ2v) is 10.6. The van der Waals surface area contributed by atoms with Crippen LogP contribution in [-0.2, 0) is 17.8 Å². The number of carbonyl (C=O) groups is 1. The van der Waals surface area contributed by atoms with Crippen LogP contribution in [0.4, 0.5) is 5.82 Å². The van der Waals surface area contributed by atoms with Gasteiger partial charge in [-0.05, 0) is 40.8 Å². The van der Waals surface area contributed by atoms with E-state index in [4.69, 9.17) is 24.7 Å². The number of ketones is 1. The van der Waals surface area contributed by atoms with Crippen molar-refractivity contribution in [2.24, 2.45) is 5.41 Å². The lowest BCUT2D eigenvalue weighted by molar-refractivity contribution is -0.685. The van der Waals surface area contributed by atoms with Crippen molar-refractivity contribution < 1.29 is 28.3 Å². The van der Waals surface area contributed by atoms with E-state index in [-0.39, 0.29) is 17.1 Å². The average Bonchev–Trinajstić information content (AvgIpc) is 2.90. The number of rotatable bonds is 7. The first-order chi connectivity index (χ1) is 18.2. The maximum Gasteiger partial charge on any atom is 0.305 e. The Labute approximate surface area is 223 Å². The van der Waals surface area contributed by atoms with Gasteiger partial charge in [-0.25, -0.2) is 4.57 Å². The molecule has 2 N–H and O–H groups in total. The highest BCUT2D eigenvalue weighted by molar-refractivity contribution is 6.00. The van der Waals surface area contributed by atoms with Crippen molar-refractivity contribution in [3.05, 3.63) is 76.8 Å². The number of fused-ring (bicyclic) bond motifs is 1. The number of Topliss-reactive ketones (excluding diaryl/α,β-unsaturated/α-hetero) is 1.